The molecule has 0 N–H and O–H groups in total. The van der Waals surface area contributed by atoms with Crippen LogP contribution in [0.25, 0.3) is 0 Å². The fourth-order valence-electron chi connectivity index (χ4n) is 2.69. The van der Waals surface area contributed by atoms with Crippen molar-refractivity contribution in [3.05, 3.63) is 0 Å². The second-order valence-electron chi connectivity index (χ2n) is 9.65. The highest BCUT2D eigenvalue weighted by molar-refractivity contribution is 6.80. The SMILES string of the molecule is CCC(O[Si](C)(C)CC[Si](C)(C)C)[Si](C)(C)OC(C)(C)C. The first-order chi connectivity index (χ1) is 9.08. The Hall–Kier alpha value is 0.571. The number of rotatable bonds is 8. The van der Waals surface area contributed by atoms with Crippen LogP contribution in [0.4, 0.5) is 0 Å². The maximum absolute atomic E-state index is 6.69. The van der Waals surface area contributed by atoms with Gasteiger partial charge in [-0.05, 0) is 59.4 Å². The Morgan fingerprint density at radius 2 is 1.33 bits per heavy atom. The quantitative estimate of drug-likeness (QED) is 0.510. The van der Waals surface area contributed by atoms with Crippen LogP contribution in [0.5, 0.6) is 0 Å². The molecule has 0 spiro atoms. The monoisotopic (exact) mass is 348 g/mol. The molecule has 5 heteroatoms. The van der Waals surface area contributed by atoms with Crippen LogP contribution in [-0.4, -0.2) is 36.0 Å². The zero-order valence-corrected chi connectivity index (χ0v) is 19.5. The molecule has 0 aromatic heterocycles. The van der Waals surface area contributed by atoms with Gasteiger partial charge in [0.25, 0.3) is 0 Å². The molecule has 21 heavy (non-hydrogen) atoms. The molecule has 1 atom stereocenters. The molecule has 0 radical (unpaired) electrons. The van der Waals surface area contributed by atoms with E-state index in [0.29, 0.717) is 5.73 Å². The summed E-state index contributed by atoms with van der Waals surface area (Å²) in [5.74, 6) is 0. The van der Waals surface area contributed by atoms with Crippen LogP contribution in [0, 0.1) is 0 Å². The van der Waals surface area contributed by atoms with E-state index in [4.69, 9.17) is 8.85 Å². The molecule has 0 saturated heterocycles. The van der Waals surface area contributed by atoms with E-state index in [0.717, 1.165) is 6.42 Å². The highest BCUT2D eigenvalue weighted by Crippen LogP contribution is 2.29. The first-order valence-corrected chi connectivity index (χ1v) is 18.3. The van der Waals surface area contributed by atoms with E-state index < -0.39 is 24.7 Å². The summed E-state index contributed by atoms with van der Waals surface area (Å²) in [6, 6.07) is 2.67. The maximum Gasteiger partial charge on any atom is 0.214 e. The third-order valence-corrected chi connectivity index (χ3v) is 11.7. The van der Waals surface area contributed by atoms with Crippen LogP contribution < -0.4 is 0 Å². The largest absolute Gasteiger partial charge is 0.415 e. The third-order valence-electron chi connectivity index (χ3n) is 3.65. The molecule has 0 bridgehead atoms. The fourth-order valence-corrected chi connectivity index (χ4v) is 13.9. The minimum atomic E-state index is -1.83. The molecular formula is C16H40O2Si3. The molecule has 2 nitrogen and oxygen atoms in total. The van der Waals surface area contributed by atoms with Gasteiger partial charge in [0.15, 0.2) is 8.32 Å². The molecule has 0 aliphatic carbocycles. The Kier molecular flexibility index (Phi) is 7.63. The third kappa shape index (κ3) is 10.0. The van der Waals surface area contributed by atoms with Crippen molar-refractivity contribution in [2.45, 2.75) is 103 Å². The van der Waals surface area contributed by atoms with E-state index in [1.54, 1.807) is 0 Å². The van der Waals surface area contributed by atoms with Crippen LogP contribution in [0.2, 0.25) is 57.9 Å². The van der Waals surface area contributed by atoms with Crippen LogP contribution >= 0.6 is 0 Å². The predicted octanol–water partition coefficient (Wildman–Crippen LogP) is 5.88. The van der Waals surface area contributed by atoms with Crippen molar-refractivity contribution in [1.29, 1.82) is 0 Å². The predicted molar refractivity (Wildman–Crippen MR) is 104 cm³/mol. The summed E-state index contributed by atoms with van der Waals surface area (Å²) in [5, 5.41) is 0. The number of hydrogen-bond donors (Lipinski definition) is 0. The minimum Gasteiger partial charge on any atom is -0.415 e. The van der Waals surface area contributed by atoms with E-state index in [1.807, 2.05) is 0 Å². The Morgan fingerprint density at radius 3 is 1.67 bits per heavy atom. The van der Waals surface area contributed by atoms with Gasteiger partial charge in [0.1, 0.15) is 0 Å². The zero-order chi connectivity index (χ0) is 17.1. The van der Waals surface area contributed by atoms with Gasteiger partial charge in [-0.1, -0.05) is 32.6 Å². The van der Waals surface area contributed by atoms with Gasteiger partial charge in [-0.3, -0.25) is 0 Å². The summed E-state index contributed by atoms with van der Waals surface area (Å²) >= 11 is 0. The van der Waals surface area contributed by atoms with E-state index in [9.17, 15) is 0 Å². The lowest BCUT2D eigenvalue weighted by atomic mass is 10.2. The normalized spacial score (nSPS) is 16.1. The Bertz CT molecular complexity index is 314. The Morgan fingerprint density at radius 1 is 0.857 bits per heavy atom. The van der Waals surface area contributed by atoms with Gasteiger partial charge < -0.3 is 8.85 Å². The van der Waals surface area contributed by atoms with Crippen LogP contribution in [0.1, 0.15) is 34.1 Å². The molecule has 128 valence electrons. The Labute approximate surface area is 137 Å². The average molecular weight is 349 g/mol. The summed E-state index contributed by atoms with van der Waals surface area (Å²) in [7, 11) is -4.40. The summed E-state index contributed by atoms with van der Waals surface area (Å²) < 4.78 is 13.1. The van der Waals surface area contributed by atoms with Crippen molar-refractivity contribution < 1.29 is 8.85 Å². The van der Waals surface area contributed by atoms with Gasteiger partial charge >= 0.3 is 0 Å². The van der Waals surface area contributed by atoms with Crippen LogP contribution in [0.15, 0.2) is 0 Å². The van der Waals surface area contributed by atoms with Crippen molar-refractivity contribution in [1.82, 2.24) is 0 Å². The van der Waals surface area contributed by atoms with Crippen molar-refractivity contribution in [2.75, 3.05) is 0 Å². The van der Waals surface area contributed by atoms with Gasteiger partial charge in [0.05, 0.1) is 5.73 Å². The minimum absolute atomic E-state index is 0.0729. The fraction of sp³-hybridized carbons (Fsp3) is 1.00. The van der Waals surface area contributed by atoms with E-state index >= 15 is 0 Å². The molecule has 0 fully saturated rings. The van der Waals surface area contributed by atoms with E-state index in [-0.39, 0.29) is 5.60 Å². The lowest BCUT2D eigenvalue weighted by Crippen LogP contribution is -2.54. The van der Waals surface area contributed by atoms with E-state index in [1.165, 1.54) is 12.1 Å². The van der Waals surface area contributed by atoms with Crippen molar-refractivity contribution in [3.63, 3.8) is 0 Å². The lowest BCUT2D eigenvalue weighted by molar-refractivity contribution is 0.0957. The average Bonchev–Trinajstić information content (AvgIpc) is 2.19. The zero-order valence-electron chi connectivity index (χ0n) is 16.5. The highest BCUT2D eigenvalue weighted by Gasteiger charge is 2.40. The molecule has 0 rings (SSSR count). The molecule has 0 aromatic carbocycles. The maximum atomic E-state index is 6.69. The van der Waals surface area contributed by atoms with Gasteiger partial charge in [-0.2, -0.15) is 0 Å². The summed E-state index contributed by atoms with van der Waals surface area (Å²) in [5.41, 5.74) is 0.247. The second-order valence-corrected chi connectivity index (χ2v) is 23.6. The van der Waals surface area contributed by atoms with Gasteiger partial charge in [-0.25, -0.2) is 0 Å². The molecular weight excluding hydrogens is 308 g/mol. The first kappa shape index (κ1) is 21.6. The number of hydrogen-bond acceptors (Lipinski definition) is 2. The lowest BCUT2D eigenvalue weighted by Gasteiger charge is -2.41. The highest BCUT2D eigenvalue weighted by atomic mass is 28.4. The molecule has 0 aliphatic heterocycles. The first-order valence-electron chi connectivity index (χ1n) is 8.46. The second kappa shape index (κ2) is 7.43. The standard InChI is InChI=1S/C16H40O2Si3/c1-12-15(21(10,11)18-16(2,3)4)17-20(8,9)14-13-19(5,6)7/h15H,12-14H2,1-11H3. The molecule has 0 heterocycles. The van der Waals surface area contributed by atoms with Crippen molar-refractivity contribution >= 4 is 24.7 Å². The molecule has 0 amide bonds. The molecule has 0 aliphatic rings. The van der Waals surface area contributed by atoms with E-state index in [2.05, 4.69) is 73.5 Å². The smallest absolute Gasteiger partial charge is 0.214 e. The van der Waals surface area contributed by atoms with Gasteiger partial charge in [-0.15, -0.1) is 0 Å². The molecule has 0 saturated carbocycles. The van der Waals surface area contributed by atoms with Crippen LogP contribution in [0.3, 0.4) is 0 Å². The summed E-state index contributed by atoms with van der Waals surface area (Å²) in [6.07, 6.45) is 1.07. The van der Waals surface area contributed by atoms with Gasteiger partial charge in [0.2, 0.25) is 8.32 Å². The molecule has 0 aromatic rings. The van der Waals surface area contributed by atoms with Crippen molar-refractivity contribution in [3.8, 4) is 0 Å². The summed E-state index contributed by atoms with van der Waals surface area (Å²) in [4.78, 5) is 0. The summed E-state index contributed by atoms with van der Waals surface area (Å²) in [6.45, 7) is 25.5. The topological polar surface area (TPSA) is 18.5 Å². The van der Waals surface area contributed by atoms with Gasteiger partial charge in [0, 0.05) is 13.7 Å². The molecule has 1 unspecified atom stereocenters. The van der Waals surface area contributed by atoms with Crippen molar-refractivity contribution in [2.24, 2.45) is 0 Å². The Balaban J connectivity index is 4.81. The van der Waals surface area contributed by atoms with Crippen LogP contribution in [-0.2, 0) is 8.85 Å².